The van der Waals surface area contributed by atoms with Gasteiger partial charge < -0.3 is 4.18 Å². The van der Waals surface area contributed by atoms with Gasteiger partial charge in [-0.25, -0.2) is 0 Å². The second kappa shape index (κ2) is 3.15. The highest BCUT2D eigenvalue weighted by molar-refractivity contribution is 7.94. The second-order valence-corrected chi connectivity index (χ2v) is 2.70. The van der Waals surface area contributed by atoms with E-state index in [4.69, 9.17) is 4.18 Å². The van der Waals surface area contributed by atoms with Crippen LogP contribution in [0.25, 0.3) is 0 Å². The lowest BCUT2D eigenvalue weighted by atomic mass is 10.1. The zero-order valence-corrected chi connectivity index (χ0v) is 5.62. The summed E-state index contributed by atoms with van der Waals surface area (Å²) in [6, 6.07) is 0. The van der Waals surface area contributed by atoms with Crippen LogP contribution in [0.3, 0.4) is 0 Å². The van der Waals surface area contributed by atoms with Gasteiger partial charge in [0.2, 0.25) is 0 Å². The average molecular weight is 130 g/mol. The zero-order chi connectivity index (χ0) is 5.82. The van der Waals surface area contributed by atoms with Crippen LogP contribution in [0.4, 0.5) is 0 Å². The highest BCUT2D eigenvalue weighted by atomic mass is 32.2. The summed E-state index contributed by atoms with van der Waals surface area (Å²) in [4.78, 5) is 0. The van der Waals surface area contributed by atoms with E-state index in [0.717, 1.165) is 18.8 Å². The molecule has 1 nitrogen and oxygen atoms in total. The van der Waals surface area contributed by atoms with E-state index in [9.17, 15) is 0 Å². The molecule has 0 aliphatic carbocycles. The Hall–Kier alpha value is 0.0500. The summed E-state index contributed by atoms with van der Waals surface area (Å²) in [5.74, 6) is 1.78. The Morgan fingerprint density at radius 1 is 1.75 bits per heavy atom. The van der Waals surface area contributed by atoms with Gasteiger partial charge in [-0.3, -0.25) is 0 Å². The molecule has 0 saturated carbocycles. The van der Waals surface area contributed by atoms with Crippen LogP contribution in [0, 0.1) is 5.92 Å². The summed E-state index contributed by atoms with van der Waals surface area (Å²) >= 11 is 1.56. The molecular formula is C6H10OS. The maximum Gasteiger partial charge on any atom is 0.0619 e. The van der Waals surface area contributed by atoms with Crippen LogP contribution < -0.4 is 0 Å². The van der Waals surface area contributed by atoms with Gasteiger partial charge in [0.05, 0.1) is 6.61 Å². The fraction of sp³-hybridized carbons (Fsp3) is 0.667. The molecule has 0 aromatic carbocycles. The first-order valence-corrected chi connectivity index (χ1v) is 3.71. The molecule has 1 saturated heterocycles. The van der Waals surface area contributed by atoms with E-state index in [1.54, 1.807) is 12.0 Å². The smallest absolute Gasteiger partial charge is 0.0619 e. The molecular weight excluding hydrogens is 120 g/mol. The molecule has 0 amide bonds. The third-order valence-corrected chi connectivity index (χ3v) is 2.17. The van der Waals surface area contributed by atoms with Gasteiger partial charge in [0.15, 0.2) is 0 Å². The lowest BCUT2D eigenvalue weighted by Crippen LogP contribution is -2.09. The SMILES string of the molecule is C=CC1CCOSC1. The highest BCUT2D eigenvalue weighted by Gasteiger charge is 2.09. The van der Waals surface area contributed by atoms with Gasteiger partial charge in [-0.2, -0.15) is 0 Å². The van der Waals surface area contributed by atoms with E-state index in [1.165, 1.54) is 0 Å². The van der Waals surface area contributed by atoms with Crippen molar-refractivity contribution >= 4 is 12.0 Å². The molecule has 0 spiro atoms. The van der Waals surface area contributed by atoms with Crippen molar-refractivity contribution in [2.75, 3.05) is 12.4 Å². The molecule has 1 fully saturated rings. The lowest BCUT2D eigenvalue weighted by molar-refractivity contribution is 0.323. The van der Waals surface area contributed by atoms with Crippen molar-refractivity contribution in [3.8, 4) is 0 Å². The topological polar surface area (TPSA) is 9.23 Å². The largest absolute Gasteiger partial charge is 0.315 e. The maximum atomic E-state index is 5.07. The number of rotatable bonds is 1. The van der Waals surface area contributed by atoms with E-state index in [1.807, 2.05) is 6.08 Å². The Kier molecular flexibility index (Phi) is 2.43. The molecule has 1 aliphatic rings. The van der Waals surface area contributed by atoms with Crippen molar-refractivity contribution in [3.63, 3.8) is 0 Å². The first-order valence-electron chi connectivity index (χ1n) is 2.80. The lowest BCUT2D eigenvalue weighted by Gasteiger charge is -2.16. The van der Waals surface area contributed by atoms with Crippen molar-refractivity contribution in [2.45, 2.75) is 6.42 Å². The molecule has 1 aliphatic heterocycles. The Labute approximate surface area is 54.3 Å². The summed E-state index contributed by atoms with van der Waals surface area (Å²) < 4.78 is 5.07. The zero-order valence-electron chi connectivity index (χ0n) is 4.80. The molecule has 2 heteroatoms. The molecule has 0 aromatic rings. The number of hydrogen-bond donors (Lipinski definition) is 0. The summed E-state index contributed by atoms with van der Waals surface area (Å²) in [6.07, 6.45) is 3.16. The molecule has 1 atom stereocenters. The Bertz CT molecular complexity index is 76.6. The predicted octanol–water partition coefficient (Wildman–Crippen LogP) is 1.86. The van der Waals surface area contributed by atoms with Crippen LogP contribution in [0.1, 0.15) is 6.42 Å². The van der Waals surface area contributed by atoms with E-state index < -0.39 is 0 Å². The van der Waals surface area contributed by atoms with Crippen LogP contribution >= 0.6 is 12.0 Å². The van der Waals surface area contributed by atoms with Crippen LogP contribution in [-0.4, -0.2) is 12.4 Å². The summed E-state index contributed by atoms with van der Waals surface area (Å²) in [6.45, 7) is 4.61. The quantitative estimate of drug-likeness (QED) is 0.396. The van der Waals surface area contributed by atoms with Crippen molar-refractivity contribution in [2.24, 2.45) is 5.92 Å². The van der Waals surface area contributed by atoms with Crippen LogP contribution in [0.2, 0.25) is 0 Å². The minimum atomic E-state index is 0.689. The normalized spacial score (nSPS) is 29.8. The Morgan fingerprint density at radius 2 is 2.62 bits per heavy atom. The predicted molar refractivity (Wildman–Crippen MR) is 36.7 cm³/mol. The maximum absolute atomic E-state index is 5.07. The van der Waals surface area contributed by atoms with Crippen LogP contribution in [0.5, 0.6) is 0 Å². The van der Waals surface area contributed by atoms with Gasteiger partial charge in [-0.15, -0.1) is 6.58 Å². The van der Waals surface area contributed by atoms with Crippen LogP contribution in [-0.2, 0) is 4.18 Å². The Balaban J connectivity index is 2.22. The monoisotopic (exact) mass is 130 g/mol. The van der Waals surface area contributed by atoms with E-state index in [0.29, 0.717) is 5.92 Å². The molecule has 0 radical (unpaired) electrons. The number of allylic oxidation sites excluding steroid dienone is 1. The van der Waals surface area contributed by atoms with Gasteiger partial charge in [-0.1, -0.05) is 6.08 Å². The minimum absolute atomic E-state index is 0.689. The van der Waals surface area contributed by atoms with Crippen molar-refractivity contribution in [1.29, 1.82) is 0 Å². The standard InChI is InChI=1S/C6H10OS/c1-2-6-3-4-7-8-5-6/h2,6H,1,3-5H2. The Morgan fingerprint density at radius 3 is 3.00 bits per heavy atom. The van der Waals surface area contributed by atoms with Gasteiger partial charge >= 0.3 is 0 Å². The molecule has 0 aromatic heterocycles. The first kappa shape index (κ1) is 6.17. The van der Waals surface area contributed by atoms with E-state index >= 15 is 0 Å². The third kappa shape index (κ3) is 1.53. The molecule has 1 unspecified atom stereocenters. The van der Waals surface area contributed by atoms with Crippen molar-refractivity contribution < 1.29 is 4.18 Å². The minimum Gasteiger partial charge on any atom is -0.315 e. The fourth-order valence-corrected chi connectivity index (χ4v) is 1.45. The summed E-state index contributed by atoms with van der Waals surface area (Å²) in [5, 5.41) is 0. The molecule has 0 bridgehead atoms. The van der Waals surface area contributed by atoms with E-state index in [-0.39, 0.29) is 0 Å². The molecule has 1 rings (SSSR count). The molecule has 46 valence electrons. The van der Waals surface area contributed by atoms with Gasteiger partial charge in [-0.05, 0) is 24.4 Å². The average Bonchev–Trinajstić information content (AvgIpc) is 1.90. The third-order valence-electron chi connectivity index (χ3n) is 1.27. The van der Waals surface area contributed by atoms with Crippen molar-refractivity contribution in [3.05, 3.63) is 12.7 Å². The van der Waals surface area contributed by atoms with Gasteiger partial charge in [0.25, 0.3) is 0 Å². The number of hydrogen-bond acceptors (Lipinski definition) is 2. The van der Waals surface area contributed by atoms with Gasteiger partial charge in [0.1, 0.15) is 0 Å². The fourth-order valence-electron chi connectivity index (χ4n) is 0.663. The van der Waals surface area contributed by atoms with E-state index in [2.05, 4.69) is 6.58 Å². The second-order valence-electron chi connectivity index (χ2n) is 1.89. The van der Waals surface area contributed by atoms with Crippen molar-refractivity contribution in [1.82, 2.24) is 0 Å². The molecule has 0 N–H and O–H groups in total. The van der Waals surface area contributed by atoms with Crippen LogP contribution in [0.15, 0.2) is 12.7 Å². The highest BCUT2D eigenvalue weighted by Crippen LogP contribution is 2.20. The summed E-state index contributed by atoms with van der Waals surface area (Å²) in [7, 11) is 0. The first-order chi connectivity index (χ1) is 3.93. The molecule has 8 heavy (non-hydrogen) atoms. The summed E-state index contributed by atoms with van der Waals surface area (Å²) in [5.41, 5.74) is 0. The molecule has 1 heterocycles. The van der Waals surface area contributed by atoms with Gasteiger partial charge in [0, 0.05) is 5.75 Å².